The zero-order chi connectivity index (χ0) is 18.1. The van der Waals surface area contributed by atoms with E-state index in [0.29, 0.717) is 11.1 Å². The zero-order valence-electron chi connectivity index (χ0n) is 15.2. The number of piperidine rings is 1. The highest BCUT2D eigenvalue weighted by Gasteiger charge is 2.39. The van der Waals surface area contributed by atoms with Gasteiger partial charge in [-0.15, -0.1) is 0 Å². The molecule has 1 aliphatic rings. The van der Waals surface area contributed by atoms with Crippen molar-refractivity contribution in [2.75, 3.05) is 18.0 Å². The molecule has 1 aliphatic heterocycles. The normalized spacial score (nSPS) is 17.2. The highest BCUT2D eigenvalue weighted by molar-refractivity contribution is 6.74. The number of hydrogen-bond acceptors (Lipinski definition) is 3. The summed E-state index contributed by atoms with van der Waals surface area (Å²) in [7, 11) is -1.73. The molecule has 0 aromatic heterocycles. The van der Waals surface area contributed by atoms with E-state index < -0.39 is 14.3 Å². The number of carboxylic acids is 1. The molecule has 0 spiro atoms. The molecule has 134 valence electrons. The molecule has 1 heterocycles. The molecule has 0 amide bonds. The highest BCUT2D eigenvalue weighted by atomic mass is 35.5. The van der Waals surface area contributed by atoms with E-state index in [1.54, 1.807) is 12.1 Å². The summed E-state index contributed by atoms with van der Waals surface area (Å²) in [4.78, 5) is 13.2. The molecule has 0 atom stereocenters. The molecule has 0 saturated carbocycles. The average molecular weight is 370 g/mol. The molecule has 0 radical (unpaired) electrons. The Morgan fingerprint density at radius 3 is 2.33 bits per heavy atom. The molecule has 1 aromatic carbocycles. The van der Waals surface area contributed by atoms with Crippen LogP contribution in [0.5, 0.6) is 0 Å². The van der Waals surface area contributed by atoms with E-state index >= 15 is 0 Å². The maximum absolute atomic E-state index is 11.0. The largest absolute Gasteiger partial charge is 0.478 e. The van der Waals surface area contributed by atoms with Crippen LogP contribution in [0.1, 0.15) is 44.0 Å². The summed E-state index contributed by atoms with van der Waals surface area (Å²) in [6, 6.07) is 4.94. The molecule has 1 saturated heterocycles. The van der Waals surface area contributed by atoms with Gasteiger partial charge in [-0.1, -0.05) is 32.4 Å². The van der Waals surface area contributed by atoms with Gasteiger partial charge < -0.3 is 14.4 Å². The molecule has 1 fully saturated rings. The molecule has 6 heteroatoms. The van der Waals surface area contributed by atoms with Gasteiger partial charge in [-0.05, 0) is 49.2 Å². The van der Waals surface area contributed by atoms with Crippen LogP contribution in [-0.2, 0) is 4.43 Å². The summed E-state index contributed by atoms with van der Waals surface area (Å²) in [5.74, 6) is -0.954. The van der Waals surface area contributed by atoms with Crippen molar-refractivity contribution in [3.8, 4) is 0 Å². The number of halogens is 1. The molecular weight excluding hydrogens is 342 g/mol. The lowest BCUT2D eigenvalue weighted by Crippen LogP contribution is -2.47. The standard InChI is InChI=1S/C18H28ClNO3Si/c1-18(2,3)24(4,5)23-14-8-10-20(11-9-14)16-7-6-13(17(21)22)12-15(16)19/h6-7,12,14H,8-11H2,1-5H3,(H,21,22). The maximum atomic E-state index is 11.0. The Hall–Kier alpha value is -1.04. The summed E-state index contributed by atoms with van der Waals surface area (Å²) in [6.45, 7) is 13.1. The third kappa shape index (κ3) is 4.32. The molecule has 1 N–H and O–H groups in total. The van der Waals surface area contributed by atoms with Gasteiger partial charge >= 0.3 is 5.97 Å². The Bertz CT molecular complexity index is 605. The van der Waals surface area contributed by atoms with Crippen LogP contribution >= 0.6 is 11.6 Å². The van der Waals surface area contributed by atoms with E-state index in [1.807, 2.05) is 0 Å². The monoisotopic (exact) mass is 369 g/mol. The number of rotatable bonds is 4. The van der Waals surface area contributed by atoms with Crippen molar-refractivity contribution in [3.05, 3.63) is 28.8 Å². The first-order chi connectivity index (χ1) is 11.0. The number of nitrogens with zero attached hydrogens (tertiary/aromatic N) is 1. The minimum atomic E-state index is -1.73. The first-order valence-corrected chi connectivity index (χ1v) is 11.8. The number of anilines is 1. The van der Waals surface area contributed by atoms with Crippen LogP contribution in [0.2, 0.25) is 23.2 Å². The van der Waals surface area contributed by atoms with Crippen molar-refractivity contribution >= 4 is 31.6 Å². The average Bonchev–Trinajstić information content (AvgIpc) is 2.46. The number of carbonyl (C=O) groups is 1. The van der Waals surface area contributed by atoms with Crippen LogP contribution in [0.25, 0.3) is 0 Å². The maximum Gasteiger partial charge on any atom is 0.335 e. The second-order valence-electron chi connectivity index (χ2n) is 8.04. The van der Waals surface area contributed by atoms with Crippen LogP contribution < -0.4 is 4.90 Å². The van der Waals surface area contributed by atoms with Crippen molar-refractivity contribution in [1.29, 1.82) is 0 Å². The second kappa shape index (κ2) is 7.06. The first-order valence-electron chi connectivity index (χ1n) is 8.47. The molecule has 4 nitrogen and oxygen atoms in total. The fraction of sp³-hybridized carbons (Fsp3) is 0.611. The minimum Gasteiger partial charge on any atom is -0.478 e. The fourth-order valence-electron chi connectivity index (χ4n) is 2.70. The third-order valence-corrected chi connectivity index (χ3v) is 10.1. The van der Waals surface area contributed by atoms with E-state index in [4.69, 9.17) is 21.1 Å². The van der Waals surface area contributed by atoms with Gasteiger partial charge in [0.1, 0.15) is 0 Å². The Morgan fingerprint density at radius 1 is 1.29 bits per heavy atom. The van der Waals surface area contributed by atoms with Gasteiger partial charge in [-0.25, -0.2) is 4.79 Å². The number of hydrogen-bond donors (Lipinski definition) is 1. The predicted octanol–water partition coefficient (Wildman–Crippen LogP) is 5.03. The second-order valence-corrected chi connectivity index (χ2v) is 13.2. The van der Waals surface area contributed by atoms with Crippen molar-refractivity contribution < 1.29 is 14.3 Å². The van der Waals surface area contributed by atoms with Crippen LogP contribution in [0.3, 0.4) is 0 Å². The summed E-state index contributed by atoms with van der Waals surface area (Å²) in [5.41, 5.74) is 1.13. The van der Waals surface area contributed by atoms with Crippen LogP contribution in [0.4, 0.5) is 5.69 Å². The van der Waals surface area contributed by atoms with Gasteiger partial charge in [-0.3, -0.25) is 0 Å². The summed E-state index contributed by atoms with van der Waals surface area (Å²) >= 11 is 6.28. The van der Waals surface area contributed by atoms with Gasteiger partial charge in [0.05, 0.1) is 16.3 Å². The van der Waals surface area contributed by atoms with Gasteiger partial charge in [0.2, 0.25) is 0 Å². The first kappa shape index (κ1) is 19.3. The molecule has 2 rings (SSSR count). The van der Waals surface area contributed by atoms with Crippen LogP contribution in [0, 0.1) is 0 Å². The highest BCUT2D eigenvalue weighted by Crippen LogP contribution is 2.39. The lowest BCUT2D eigenvalue weighted by molar-refractivity contribution is 0.0697. The minimum absolute atomic E-state index is 0.222. The van der Waals surface area contributed by atoms with Crippen molar-refractivity contribution in [3.63, 3.8) is 0 Å². The van der Waals surface area contributed by atoms with E-state index in [9.17, 15) is 4.79 Å². The number of aromatic carboxylic acids is 1. The fourth-order valence-corrected chi connectivity index (χ4v) is 4.43. The summed E-state index contributed by atoms with van der Waals surface area (Å²) in [6.07, 6.45) is 2.26. The van der Waals surface area contributed by atoms with Crippen molar-refractivity contribution in [2.45, 2.75) is 57.8 Å². The Labute approximate surface area is 150 Å². The van der Waals surface area contributed by atoms with Crippen molar-refractivity contribution in [1.82, 2.24) is 0 Å². The van der Waals surface area contributed by atoms with E-state index in [-0.39, 0.29) is 10.6 Å². The molecule has 1 aromatic rings. The molecular formula is C18H28ClNO3Si. The lowest BCUT2D eigenvalue weighted by atomic mass is 10.1. The smallest absolute Gasteiger partial charge is 0.335 e. The Kier molecular flexibility index (Phi) is 5.67. The van der Waals surface area contributed by atoms with Gasteiger partial charge in [-0.2, -0.15) is 0 Å². The molecule has 0 aliphatic carbocycles. The molecule has 24 heavy (non-hydrogen) atoms. The zero-order valence-corrected chi connectivity index (χ0v) is 17.0. The topological polar surface area (TPSA) is 49.8 Å². The molecule has 0 unspecified atom stereocenters. The van der Waals surface area contributed by atoms with Gasteiger partial charge in [0, 0.05) is 19.2 Å². The van der Waals surface area contributed by atoms with E-state index in [0.717, 1.165) is 31.6 Å². The van der Waals surface area contributed by atoms with E-state index in [1.165, 1.54) is 6.07 Å². The Balaban J connectivity index is 1.99. The third-order valence-electron chi connectivity index (χ3n) is 5.24. The van der Waals surface area contributed by atoms with Gasteiger partial charge in [0.25, 0.3) is 0 Å². The van der Waals surface area contributed by atoms with Crippen molar-refractivity contribution in [2.24, 2.45) is 0 Å². The van der Waals surface area contributed by atoms with Gasteiger partial charge in [0.15, 0.2) is 8.32 Å². The van der Waals surface area contributed by atoms with Crippen LogP contribution in [-0.4, -0.2) is 38.6 Å². The van der Waals surface area contributed by atoms with E-state index in [2.05, 4.69) is 38.8 Å². The summed E-state index contributed by atoms with van der Waals surface area (Å²) in [5, 5.41) is 9.76. The SMILES string of the molecule is CC(C)(C)[Si](C)(C)OC1CCN(c2ccc(C(=O)O)cc2Cl)CC1. The molecule has 0 bridgehead atoms. The predicted molar refractivity (Wildman–Crippen MR) is 102 cm³/mol. The lowest BCUT2D eigenvalue weighted by Gasteiger charge is -2.42. The summed E-state index contributed by atoms with van der Waals surface area (Å²) < 4.78 is 6.51. The number of carboxylic acid groups (broad SMARTS) is 1. The number of benzene rings is 1. The Morgan fingerprint density at radius 2 is 1.88 bits per heavy atom. The van der Waals surface area contributed by atoms with Crippen LogP contribution in [0.15, 0.2) is 18.2 Å². The quantitative estimate of drug-likeness (QED) is 0.756.